The van der Waals surface area contributed by atoms with Crippen molar-refractivity contribution >= 4 is 35.2 Å². The van der Waals surface area contributed by atoms with Crippen LogP contribution in [0.15, 0.2) is 77.7 Å². The second-order valence-corrected chi connectivity index (χ2v) is 10.9. The average Bonchev–Trinajstić information content (AvgIpc) is 2.93. The minimum atomic E-state index is -6.03. The number of hydrogen-bond acceptors (Lipinski definition) is 5. The largest absolute Gasteiger partial charge is 0.442 e. The maximum atomic E-state index is 13.8. The number of hydrogen-bond donors (Lipinski definition) is 1. The van der Waals surface area contributed by atoms with E-state index >= 15 is 0 Å². The highest BCUT2D eigenvalue weighted by Gasteiger charge is 2.75. The first-order chi connectivity index (χ1) is 20.1. The molecule has 13 heteroatoms. The molecule has 1 N–H and O–H groups in total. The van der Waals surface area contributed by atoms with Crippen LogP contribution in [0.1, 0.15) is 42.1 Å². The van der Waals surface area contributed by atoms with Crippen LogP contribution in [0.25, 0.3) is 0 Å². The molecule has 228 valence electrons. The summed E-state index contributed by atoms with van der Waals surface area (Å²) in [5.41, 5.74) is -3.89. The molecule has 1 aliphatic rings. The van der Waals surface area contributed by atoms with Gasteiger partial charge in [-0.2, -0.15) is 26.3 Å². The number of benzene rings is 3. The van der Waals surface area contributed by atoms with E-state index < -0.39 is 41.4 Å². The van der Waals surface area contributed by atoms with Crippen LogP contribution in [0.5, 0.6) is 0 Å². The zero-order valence-electron chi connectivity index (χ0n) is 22.9. The van der Waals surface area contributed by atoms with E-state index in [1.54, 1.807) is 17.8 Å². The summed E-state index contributed by atoms with van der Waals surface area (Å²) in [6.07, 6.45) is -11.6. The summed E-state index contributed by atoms with van der Waals surface area (Å²) in [5, 5.41) is 2.49. The number of rotatable bonds is 7. The molecule has 0 spiro atoms. The van der Waals surface area contributed by atoms with Crippen LogP contribution in [0.4, 0.5) is 32.0 Å². The predicted octanol–water partition coefficient (Wildman–Crippen LogP) is 6.95. The van der Waals surface area contributed by atoms with E-state index in [1.165, 1.54) is 11.8 Å². The predicted molar refractivity (Wildman–Crippen MR) is 147 cm³/mol. The molecule has 3 aromatic carbocycles. The summed E-state index contributed by atoms with van der Waals surface area (Å²) >= 11 is 1.60. The molecule has 0 radical (unpaired) electrons. The second kappa shape index (κ2) is 12.3. The van der Waals surface area contributed by atoms with Crippen LogP contribution < -0.4 is 5.32 Å². The molecule has 0 aliphatic carbocycles. The summed E-state index contributed by atoms with van der Waals surface area (Å²) in [6, 6.07) is 16.9. The van der Waals surface area contributed by atoms with Crippen LogP contribution in [-0.2, 0) is 36.9 Å². The number of nitrogens with one attached hydrogen (secondary N) is 1. The molecule has 0 bridgehead atoms. The van der Waals surface area contributed by atoms with Crippen LogP contribution in [-0.4, -0.2) is 41.6 Å². The number of anilines is 1. The summed E-state index contributed by atoms with van der Waals surface area (Å²) in [5.74, 6) is -2.15. The van der Waals surface area contributed by atoms with Crippen LogP contribution in [0, 0.1) is 0 Å². The molecule has 6 nitrogen and oxygen atoms in total. The summed E-state index contributed by atoms with van der Waals surface area (Å²) in [6.45, 7) is 1.97. The second-order valence-electron chi connectivity index (χ2n) is 9.84. The number of fused-ring (bicyclic) bond motifs is 1. The number of esters is 1. The Balaban J connectivity index is 1.60. The van der Waals surface area contributed by atoms with Crippen molar-refractivity contribution in [3.63, 3.8) is 0 Å². The number of carbonyl (C=O) groups is 3. The summed E-state index contributed by atoms with van der Waals surface area (Å²) < 4.78 is 86.6. The summed E-state index contributed by atoms with van der Waals surface area (Å²) in [7, 11) is 0. The van der Waals surface area contributed by atoms with Gasteiger partial charge >= 0.3 is 23.9 Å². The Morgan fingerprint density at radius 2 is 1.53 bits per heavy atom. The van der Waals surface area contributed by atoms with Crippen molar-refractivity contribution in [2.45, 2.75) is 54.9 Å². The number of carbonyl (C=O) groups excluding carboxylic acids is 3. The van der Waals surface area contributed by atoms with Gasteiger partial charge in [0.15, 0.2) is 0 Å². The van der Waals surface area contributed by atoms with Gasteiger partial charge in [0.2, 0.25) is 5.91 Å². The monoisotopic (exact) mass is 624 g/mol. The molecule has 43 heavy (non-hydrogen) atoms. The van der Waals surface area contributed by atoms with E-state index in [2.05, 4.69) is 10.1 Å². The number of thioether (sulfide) groups is 1. The van der Waals surface area contributed by atoms with Gasteiger partial charge in [-0.1, -0.05) is 48.5 Å². The van der Waals surface area contributed by atoms with E-state index in [0.717, 1.165) is 33.9 Å². The van der Waals surface area contributed by atoms with Gasteiger partial charge in [0.05, 0.1) is 0 Å². The highest BCUT2D eigenvalue weighted by Crippen LogP contribution is 2.53. The van der Waals surface area contributed by atoms with Gasteiger partial charge in [0.1, 0.15) is 6.04 Å². The lowest BCUT2D eigenvalue weighted by atomic mass is 9.91. The van der Waals surface area contributed by atoms with Crippen molar-refractivity contribution in [1.82, 2.24) is 4.90 Å². The van der Waals surface area contributed by atoms with E-state index in [-0.39, 0.29) is 18.1 Å². The molecule has 1 heterocycles. The van der Waals surface area contributed by atoms with E-state index in [9.17, 15) is 40.7 Å². The molecule has 3 aromatic rings. The van der Waals surface area contributed by atoms with Crippen molar-refractivity contribution < 1.29 is 45.5 Å². The molecule has 4 rings (SSSR count). The topological polar surface area (TPSA) is 75.7 Å². The van der Waals surface area contributed by atoms with Gasteiger partial charge in [0, 0.05) is 42.3 Å². The van der Waals surface area contributed by atoms with E-state index in [0.29, 0.717) is 31.0 Å². The van der Waals surface area contributed by atoms with Crippen LogP contribution in [0.3, 0.4) is 0 Å². The van der Waals surface area contributed by atoms with Gasteiger partial charge in [-0.3, -0.25) is 14.4 Å². The number of alkyl halides is 6. The zero-order valence-corrected chi connectivity index (χ0v) is 23.7. The molecule has 0 saturated heterocycles. The highest BCUT2D eigenvalue weighted by atomic mass is 32.2. The Hall–Kier alpha value is -4.00. The van der Waals surface area contributed by atoms with Crippen molar-refractivity contribution in [1.29, 1.82) is 0 Å². The van der Waals surface area contributed by atoms with Gasteiger partial charge in [-0.25, -0.2) is 0 Å². The lowest BCUT2D eigenvalue weighted by Gasteiger charge is -2.37. The Morgan fingerprint density at radius 1 is 0.907 bits per heavy atom. The fourth-order valence-electron chi connectivity index (χ4n) is 4.93. The fourth-order valence-corrected chi connectivity index (χ4v) is 5.85. The zero-order chi connectivity index (χ0) is 31.6. The highest BCUT2D eigenvalue weighted by molar-refractivity contribution is 7.98. The van der Waals surface area contributed by atoms with Crippen molar-refractivity contribution in [2.75, 3.05) is 11.9 Å². The Kier molecular flexibility index (Phi) is 9.14. The third-order valence-electron chi connectivity index (χ3n) is 6.90. The minimum absolute atomic E-state index is 0.125. The lowest BCUT2D eigenvalue weighted by Crippen LogP contribution is -2.56. The normalized spacial score (nSPS) is 15.4. The van der Waals surface area contributed by atoms with Crippen LogP contribution in [0.2, 0.25) is 0 Å². The molecule has 2 amide bonds. The number of nitrogens with zero attached hydrogens (tertiary/aromatic N) is 1. The molecular weight excluding hydrogens is 598 g/mol. The number of halogens is 6. The molecule has 0 saturated carbocycles. The fraction of sp³-hybridized carbons (Fsp3) is 0.300. The molecule has 1 unspecified atom stereocenters. The smallest absolute Gasteiger partial charge is 0.435 e. The first kappa shape index (κ1) is 31.9. The molecule has 0 fully saturated rings. The first-order valence-corrected chi connectivity index (χ1v) is 13.9. The van der Waals surface area contributed by atoms with E-state index in [4.69, 9.17) is 0 Å². The Bertz CT molecular complexity index is 1480. The summed E-state index contributed by atoms with van der Waals surface area (Å²) in [4.78, 5) is 39.5. The molecular formula is C30H26F6N2O4S. The molecule has 1 aliphatic heterocycles. The maximum absolute atomic E-state index is 13.8. The van der Waals surface area contributed by atoms with Gasteiger partial charge in [-0.05, 0) is 47.4 Å². The number of amides is 2. The van der Waals surface area contributed by atoms with Crippen molar-refractivity contribution in [2.24, 2.45) is 0 Å². The average molecular weight is 625 g/mol. The lowest BCUT2D eigenvalue weighted by molar-refractivity contribution is -0.377. The van der Waals surface area contributed by atoms with Gasteiger partial charge < -0.3 is 15.0 Å². The minimum Gasteiger partial charge on any atom is -0.435 e. The van der Waals surface area contributed by atoms with Crippen LogP contribution >= 0.6 is 11.8 Å². The molecule has 1 atom stereocenters. The van der Waals surface area contributed by atoms with Crippen molar-refractivity contribution in [3.8, 4) is 0 Å². The first-order valence-electron chi connectivity index (χ1n) is 12.9. The standard InChI is InChI=1S/C30H26F6N2O4S/c1-18(39)38-15-14-21-16-24(43-17-20-6-4-3-5-7-20)12-13-25(21)26(38)27(41)37-23-10-8-22(9-11-23)28(29(31,32)33,30(34,35)36)42-19(2)40/h3-13,16,26H,14-15,17H2,1-2H3,(H,37,41). The van der Waals surface area contributed by atoms with E-state index in [1.807, 2.05) is 42.5 Å². The molecule has 0 aromatic heterocycles. The SMILES string of the molecule is CC(=O)OC(c1ccc(NC(=O)C2c3ccc(SCc4ccccc4)cc3CCN2C(C)=O)cc1)(C(F)(F)F)C(F)(F)F. The van der Waals surface area contributed by atoms with Crippen molar-refractivity contribution in [3.05, 3.63) is 95.1 Å². The van der Waals surface area contributed by atoms with Gasteiger partial charge in [0.25, 0.3) is 5.91 Å². The Morgan fingerprint density at radius 3 is 2.09 bits per heavy atom. The quantitative estimate of drug-likeness (QED) is 0.175. The third-order valence-corrected chi connectivity index (χ3v) is 7.96. The van der Waals surface area contributed by atoms with Gasteiger partial charge in [-0.15, -0.1) is 11.8 Å². The Labute approximate surface area is 247 Å². The third kappa shape index (κ3) is 6.66. The maximum Gasteiger partial charge on any atom is 0.442 e. The number of ether oxygens (including phenoxy) is 1.